The molecule has 6 nitrogen and oxygen atoms in total. The van der Waals surface area contributed by atoms with Crippen LogP contribution in [0.5, 0.6) is 0 Å². The van der Waals surface area contributed by atoms with E-state index in [2.05, 4.69) is 0 Å². The first-order valence-corrected chi connectivity index (χ1v) is 20.6. The van der Waals surface area contributed by atoms with Crippen molar-refractivity contribution in [1.82, 2.24) is 0 Å². The van der Waals surface area contributed by atoms with E-state index < -0.39 is 29.5 Å². The maximum atomic E-state index is 14.9. The lowest BCUT2D eigenvalue weighted by molar-refractivity contribution is 0.598. The quantitative estimate of drug-likeness (QED) is 0.180. The Labute approximate surface area is 295 Å². The minimum absolute atomic E-state index is 0.0195. The Morgan fingerprint density at radius 1 is 0.275 bits per heavy atom. The summed E-state index contributed by atoms with van der Waals surface area (Å²) in [5.74, 6) is 0. The van der Waals surface area contributed by atoms with Crippen LogP contribution in [0.25, 0.3) is 66.8 Å². The third-order valence-electron chi connectivity index (χ3n) is 10.1. The van der Waals surface area contributed by atoms with Crippen molar-refractivity contribution in [2.75, 3.05) is 0 Å². The predicted octanol–water partition coefficient (Wildman–Crippen LogP) is 9.13. The molecule has 0 saturated heterocycles. The van der Waals surface area contributed by atoms with Gasteiger partial charge in [-0.15, -0.1) is 0 Å². The molecule has 7 aromatic rings. The van der Waals surface area contributed by atoms with Crippen LogP contribution in [-0.2, 0) is 29.5 Å². The van der Waals surface area contributed by atoms with Gasteiger partial charge in [0.25, 0.3) is 0 Å². The Bertz CT molecular complexity index is 2680. The number of benzene rings is 7. The van der Waals surface area contributed by atoms with Gasteiger partial charge in [0.2, 0.25) is 29.5 Å². The number of hydrogen-bond donors (Lipinski definition) is 0. The second-order valence-corrected chi connectivity index (χ2v) is 18.4. The highest BCUT2D eigenvalue weighted by Gasteiger charge is 2.52. The summed E-state index contributed by atoms with van der Waals surface area (Å²) in [6.45, 7) is 0. The van der Waals surface area contributed by atoms with Gasteiger partial charge in [-0.2, -0.15) is 0 Å². The molecule has 246 valence electrons. The summed E-state index contributed by atoms with van der Waals surface area (Å²) in [5.41, 5.74) is 5.03. The van der Waals surface area contributed by atoms with Gasteiger partial charge in [0.1, 0.15) is 0 Å². The molecular weight excluding hydrogens is 697 g/mol. The van der Waals surface area contributed by atoms with Crippen molar-refractivity contribution in [2.24, 2.45) is 0 Å². The summed E-state index contributed by atoms with van der Waals surface area (Å²) in [6.07, 6.45) is 0. The Morgan fingerprint density at radius 2 is 0.529 bits per heavy atom. The van der Waals surface area contributed by atoms with Crippen molar-refractivity contribution in [3.05, 3.63) is 146 Å². The van der Waals surface area contributed by atoms with E-state index in [9.17, 15) is 25.3 Å². The molecule has 0 radical (unpaired) electrons. The first kappa shape index (κ1) is 30.2. The Morgan fingerprint density at radius 3 is 0.784 bits per heavy atom. The van der Waals surface area contributed by atoms with Gasteiger partial charge in [-0.1, -0.05) is 127 Å². The second-order valence-electron chi connectivity index (χ2n) is 12.9. The normalized spacial score (nSPS) is 16.0. The van der Waals surface area contributed by atoms with Crippen molar-refractivity contribution >= 4 is 29.5 Å². The van der Waals surface area contributed by atoms with Crippen LogP contribution in [0, 0.1) is 0 Å². The Balaban J connectivity index is 1.33. The summed E-state index contributed by atoms with van der Waals surface area (Å²) >= 11 is 0. The molecule has 3 aliphatic rings. The topological polar surface area (TPSA) is 102 Å². The van der Waals surface area contributed by atoms with Gasteiger partial charge in [-0.25, -0.2) is 25.3 Å². The molecule has 3 aliphatic heterocycles. The average molecular weight is 721 g/mol. The number of rotatable bonds is 3. The number of hydrogen-bond acceptors (Lipinski definition) is 6. The average Bonchev–Trinajstić information content (AvgIpc) is 3.64. The van der Waals surface area contributed by atoms with Crippen LogP contribution in [0.4, 0.5) is 0 Å². The SMILES string of the molecule is O=S1(=O)c2cc(-c3ccccc3)ccc2-c2c1c1c(c3c2S(=O)(=O)c2cc(-c4ccccc4)ccc2-3)S(=O)(=O)c2cc(-c3ccccc3)ccc2-1. The molecular formula is C42H24O6S3. The lowest BCUT2D eigenvalue weighted by Crippen LogP contribution is -2.06. The Hall–Kier alpha value is -5.61. The molecule has 9 heteroatoms. The summed E-state index contributed by atoms with van der Waals surface area (Å²) in [4.78, 5) is -1.03. The van der Waals surface area contributed by atoms with E-state index in [1.165, 1.54) is 0 Å². The highest BCUT2D eigenvalue weighted by molar-refractivity contribution is 7.94. The molecule has 10 rings (SSSR count). The lowest BCUT2D eigenvalue weighted by atomic mass is 9.91. The minimum Gasteiger partial charge on any atom is -0.218 e. The summed E-state index contributed by atoms with van der Waals surface area (Å²) in [5, 5.41) is 0. The van der Waals surface area contributed by atoms with Crippen LogP contribution in [0.3, 0.4) is 0 Å². The number of fused-ring (bicyclic) bond motifs is 12. The van der Waals surface area contributed by atoms with Crippen LogP contribution < -0.4 is 0 Å². The van der Waals surface area contributed by atoms with Crippen molar-refractivity contribution in [3.8, 4) is 66.8 Å². The van der Waals surface area contributed by atoms with Crippen LogP contribution in [0.2, 0.25) is 0 Å². The largest absolute Gasteiger partial charge is 0.218 e. The molecule has 3 heterocycles. The highest BCUT2D eigenvalue weighted by atomic mass is 32.2. The molecule has 0 saturated carbocycles. The van der Waals surface area contributed by atoms with Crippen molar-refractivity contribution in [1.29, 1.82) is 0 Å². The molecule has 0 amide bonds. The van der Waals surface area contributed by atoms with Gasteiger partial charge in [-0.3, -0.25) is 0 Å². The third-order valence-corrected chi connectivity index (χ3v) is 15.7. The molecule has 0 atom stereocenters. The first-order chi connectivity index (χ1) is 24.6. The van der Waals surface area contributed by atoms with Crippen LogP contribution in [-0.4, -0.2) is 25.3 Å². The molecule has 0 aliphatic carbocycles. The Kier molecular flexibility index (Phi) is 6.06. The van der Waals surface area contributed by atoms with E-state index in [4.69, 9.17) is 0 Å². The van der Waals surface area contributed by atoms with Crippen molar-refractivity contribution in [3.63, 3.8) is 0 Å². The zero-order valence-electron chi connectivity index (χ0n) is 26.5. The fraction of sp³-hybridized carbons (Fsp3) is 0. The molecule has 0 fully saturated rings. The fourth-order valence-electron chi connectivity index (χ4n) is 7.84. The first-order valence-electron chi connectivity index (χ1n) is 16.2. The van der Waals surface area contributed by atoms with E-state index in [1.54, 1.807) is 54.6 Å². The molecule has 0 spiro atoms. The molecule has 0 aromatic heterocycles. The van der Waals surface area contributed by atoms with Gasteiger partial charge >= 0.3 is 0 Å². The zero-order valence-corrected chi connectivity index (χ0v) is 29.0. The van der Waals surface area contributed by atoms with E-state index in [-0.39, 0.29) is 62.8 Å². The molecule has 0 bridgehead atoms. The lowest BCUT2D eigenvalue weighted by Gasteiger charge is -2.14. The predicted molar refractivity (Wildman–Crippen MR) is 195 cm³/mol. The van der Waals surface area contributed by atoms with Crippen molar-refractivity contribution < 1.29 is 25.3 Å². The van der Waals surface area contributed by atoms with Gasteiger partial charge < -0.3 is 0 Å². The van der Waals surface area contributed by atoms with Crippen LogP contribution >= 0.6 is 0 Å². The van der Waals surface area contributed by atoms with E-state index >= 15 is 0 Å². The van der Waals surface area contributed by atoms with E-state index in [0.29, 0.717) is 16.7 Å². The minimum atomic E-state index is -4.41. The number of sulfone groups is 3. The fourth-order valence-corrected chi connectivity index (χ4v) is 13.8. The zero-order chi connectivity index (χ0) is 34.9. The van der Waals surface area contributed by atoms with Gasteiger partial charge in [0.15, 0.2) is 0 Å². The van der Waals surface area contributed by atoms with E-state index in [1.807, 2.05) is 91.0 Å². The maximum absolute atomic E-state index is 14.9. The van der Waals surface area contributed by atoms with Crippen LogP contribution in [0.1, 0.15) is 0 Å². The third kappa shape index (κ3) is 3.99. The highest BCUT2D eigenvalue weighted by Crippen LogP contribution is 2.63. The molecule has 7 aromatic carbocycles. The summed E-state index contributed by atoms with van der Waals surface area (Å²) in [6, 6.07) is 42.8. The standard InChI is InChI=1S/C42H24O6S3/c43-49(44)34-22-28(25-10-4-1-5-11-25)16-19-31(34)37-40(49)38-32-20-17-29(26-12-6-2-7-13-26)23-35(32)51(47,48)42(38)39-33-21-18-30(27-14-8-3-9-15-27)24-36(33)50(45,46)41(37)39/h1-24H. The van der Waals surface area contributed by atoms with Crippen LogP contribution in [0.15, 0.2) is 175 Å². The summed E-state index contributed by atoms with van der Waals surface area (Å²) in [7, 11) is -13.2. The maximum Gasteiger partial charge on any atom is 0.208 e. The second kappa shape index (κ2) is 10.2. The monoisotopic (exact) mass is 720 g/mol. The smallest absolute Gasteiger partial charge is 0.208 e. The van der Waals surface area contributed by atoms with Gasteiger partial charge in [0.05, 0.1) is 29.4 Å². The summed E-state index contributed by atoms with van der Waals surface area (Å²) < 4.78 is 89.2. The van der Waals surface area contributed by atoms with Gasteiger partial charge in [-0.05, 0) is 51.6 Å². The van der Waals surface area contributed by atoms with Gasteiger partial charge in [0, 0.05) is 33.4 Å². The molecule has 0 unspecified atom stereocenters. The van der Waals surface area contributed by atoms with E-state index in [0.717, 1.165) is 16.7 Å². The molecule has 0 N–H and O–H groups in total. The molecule has 51 heavy (non-hydrogen) atoms. The van der Waals surface area contributed by atoms with Crippen molar-refractivity contribution in [2.45, 2.75) is 29.4 Å².